The van der Waals surface area contributed by atoms with E-state index in [0.29, 0.717) is 23.8 Å². The van der Waals surface area contributed by atoms with Crippen LogP contribution in [0.1, 0.15) is 12.8 Å². The number of nitrogen functional groups attached to an aromatic ring is 1. The lowest BCUT2D eigenvalue weighted by Gasteiger charge is -2.08. The van der Waals surface area contributed by atoms with Gasteiger partial charge in [-0.25, -0.2) is 0 Å². The molecule has 0 bridgehead atoms. The summed E-state index contributed by atoms with van der Waals surface area (Å²) in [5.74, 6) is -0.393. The summed E-state index contributed by atoms with van der Waals surface area (Å²) < 4.78 is 1.78. The van der Waals surface area contributed by atoms with Crippen LogP contribution in [0.2, 0.25) is 5.02 Å². The Morgan fingerprint density at radius 3 is 2.46 bits per heavy atom. The fourth-order valence-corrected chi connectivity index (χ4v) is 2.87. The summed E-state index contributed by atoms with van der Waals surface area (Å²) in [6, 6.07) is 15.3. The number of halogens is 1. The third-order valence-corrected chi connectivity index (χ3v) is 4.07. The van der Waals surface area contributed by atoms with E-state index in [1.165, 1.54) is 0 Å². The Balaban J connectivity index is 2.16. The molecule has 0 aliphatic rings. The van der Waals surface area contributed by atoms with Gasteiger partial charge in [0.1, 0.15) is 0 Å². The Morgan fingerprint density at radius 1 is 1.12 bits per heavy atom. The van der Waals surface area contributed by atoms with E-state index >= 15 is 0 Å². The Hall–Kier alpha value is -2.66. The minimum atomic E-state index is -0.822. The van der Waals surface area contributed by atoms with Crippen molar-refractivity contribution in [3.63, 3.8) is 0 Å². The maximum atomic E-state index is 10.8. The second kappa shape index (κ2) is 6.84. The molecule has 24 heavy (non-hydrogen) atoms. The number of carbonyl (C=O) groups is 1. The molecule has 0 saturated carbocycles. The molecule has 3 aromatic rings. The summed E-state index contributed by atoms with van der Waals surface area (Å²) in [6.07, 6.45) is 0.562. The Morgan fingerprint density at radius 2 is 1.79 bits per heavy atom. The van der Waals surface area contributed by atoms with Crippen molar-refractivity contribution in [1.82, 2.24) is 5.10 Å². The van der Waals surface area contributed by atoms with Gasteiger partial charge in [0.05, 0.1) is 11.8 Å². The molecule has 0 atom stereocenters. The highest BCUT2D eigenvalue weighted by atomic mass is 35.5. The number of fused-ring (bicyclic) bond motifs is 1. The van der Waals surface area contributed by atoms with Gasteiger partial charge < -0.3 is 10.8 Å². The van der Waals surface area contributed by atoms with Crippen molar-refractivity contribution >= 4 is 34.2 Å². The molecule has 1 heterocycles. The molecule has 0 aliphatic heterocycles. The highest BCUT2D eigenvalue weighted by molar-refractivity contribution is 6.30. The monoisotopic (exact) mass is 342 g/mol. The first-order valence-corrected chi connectivity index (χ1v) is 8.00. The van der Waals surface area contributed by atoms with Gasteiger partial charge >= 0.3 is 5.97 Å². The average Bonchev–Trinajstić information content (AvgIpc) is 2.56. The fourth-order valence-electron chi connectivity index (χ4n) is 2.74. The predicted octanol–water partition coefficient (Wildman–Crippen LogP) is 3.29. The summed E-state index contributed by atoms with van der Waals surface area (Å²) in [5, 5.41) is 15.8. The molecule has 0 amide bonds. The number of rotatable bonds is 5. The number of carboxylic acids is 1. The minimum Gasteiger partial charge on any atom is -0.481 e. The molecule has 0 saturated heterocycles. The summed E-state index contributed by atoms with van der Waals surface area (Å²) in [7, 11) is 0. The lowest BCUT2D eigenvalue weighted by Crippen LogP contribution is -2.41. The SMILES string of the molecule is Nc1n[n+](CCCC(=O)O)c(-c2ccc(Cl)cc2)c2ccccc12. The minimum absolute atomic E-state index is 0.0848. The van der Waals surface area contributed by atoms with E-state index < -0.39 is 5.97 Å². The van der Waals surface area contributed by atoms with E-state index in [4.69, 9.17) is 22.4 Å². The van der Waals surface area contributed by atoms with Crippen LogP contribution in [0, 0.1) is 0 Å². The number of aryl methyl sites for hydroxylation is 1. The zero-order valence-electron chi connectivity index (χ0n) is 12.9. The van der Waals surface area contributed by atoms with Crippen LogP contribution in [0.5, 0.6) is 0 Å². The molecule has 3 rings (SSSR count). The van der Waals surface area contributed by atoms with Crippen LogP contribution in [0.3, 0.4) is 0 Å². The van der Waals surface area contributed by atoms with Crippen LogP contribution in [0.25, 0.3) is 22.0 Å². The van der Waals surface area contributed by atoms with E-state index in [0.717, 1.165) is 22.0 Å². The smallest absolute Gasteiger partial charge is 0.303 e. The van der Waals surface area contributed by atoms with Crippen molar-refractivity contribution in [1.29, 1.82) is 0 Å². The van der Waals surface area contributed by atoms with Crippen LogP contribution in [-0.2, 0) is 11.3 Å². The predicted molar refractivity (Wildman–Crippen MR) is 93.7 cm³/mol. The fraction of sp³-hybridized carbons (Fsp3) is 0.167. The molecule has 3 N–H and O–H groups in total. The van der Waals surface area contributed by atoms with Crippen LogP contribution in [0.15, 0.2) is 48.5 Å². The molecular weight excluding hydrogens is 326 g/mol. The van der Waals surface area contributed by atoms with Crippen molar-refractivity contribution in [3.05, 3.63) is 53.6 Å². The van der Waals surface area contributed by atoms with E-state index in [9.17, 15) is 4.79 Å². The number of carboxylic acid groups (broad SMARTS) is 1. The maximum Gasteiger partial charge on any atom is 0.303 e. The summed E-state index contributed by atoms with van der Waals surface area (Å²) in [6.45, 7) is 0.472. The first-order chi connectivity index (χ1) is 11.6. The highest BCUT2D eigenvalue weighted by Gasteiger charge is 2.22. The summed E-state index contributed by atoms with van der Waals surface area (Å²) in [5.41, 5.74) is 7.95. The van der Waals surface area contributed by atoms with Gasteiger partial charge in [0.25, 0.3) is 0 Å². The number of nitrogens with two attached hydrogens (primary N) is 1. The van der Waals surface area contributed by atoms with Crippen LogP contribution in [0.4, 0.5) is 5.82 Å². The van der Waals surface area contributed by atoms with Gasteiger partial charge in [-0.2, -0.15) is 0 Å². The Bertz CT molecular complexity index is 895. The third kappa shape index (κ3) is 3.31. The van der Waals surface area contributed by atoms with Gasteiger partial charge in [-0.3, -0.25) is 4.79 Å². The molecule has 0 aliphatic carbocycles. The molecule has 0 radical (unpaired) electrons. The molecule has 5 nitrogen and oxygen atoms in total. The van der Waals surface area contributed by atoms with E-state index in [1.54, 1.807) is 4.68 Å². The van der Waals surface area contributed by atoms with E-state index in [2.05, 4.69) is 5.10 Å². The molecule has 6 heteroatoms. The van der Waals surface area contributed by atoms with Crippen molar-refractivity contribution in [2.45, 2.75) is 19.4 Å². The van der Waals surface area contributed by atoms with Crippen molar-refractivity contribution in [2.24, 2.45) is 0 Å². The topological polar surface area (TPSA) is 80.1 Å². The third-order valence-electron chi connectivity index (χ3n) is 3.82. The second-order valence-corrected chi connectivity index (χ2v) is 5.94. The van der Waals surface area contributed by atoms with Gasteiger partial charge in [0, 0.05) is 27.5 Å². The molecule has 2 aromatic carbocycles. The molecule has 122 valence electrons. The lowest BCUT2D eigenvalue weighted by atomic mass is 10.0. The molecular formula is C18H17ClN3O2+. The molecule has 1 aromatic heterocycles. The standard InChI is InChI=1S/C18H16ClN3O2/c19-13-9-7-12(8-10-13)17-14-4-1-2-5-15(14)18(20)21-22(17)11-3-6-16(23)24/h1-2,4-5,7-10H,3,6,11H2,(H2-,20,21,23,24)/p+1. The normalized spacial score (nSPS) is 10.9. The molecule has 0 unspecified atom stereocenters. The number of benzene rings is 2. The van der Waals surface area contributed by atoms with E-state index in [-0.39, 0.29) is 6.42 Å². The number of aromatic nitrogens is 2. The van der Waals surface area contributed by atoms with Gasteiger partial charge in [-0.15, -0.1) is 0 Å². The highest BCUT2D eigenvalue weighted by Crippen LogP contribution is 2.28. The van der Waals surface area contributed by atoms with Gasteiger partial charge in [0.2, 0.25) is 5.69 Å². The number of hydrogen-bond acceptors (Lipinski definition) is 3. The maximum absolute atomic E-state index is 10.8. The Labute approximate surface area is 144 Å². The summed E-state index contributed by atoms with van der Waals surface area (Å²) >= 11 is 5.99. The Kier molecular flexibility index (Phi) is 4.62. The largest absolute Gasteiger partial charge is 0.481 e. The number of nitrogens with zero attached hydrogens (tertiary/aromatic N) is 2. The zero-order chi connectivity index (χ0) is 17.1. The first-order valence-electron chi connectivity index (χ1n) is 7.62. The number of anilines is 1. The number of hydrogen-bond donors (Lipinski definition) is 2. The van der Waals surface area contributed by atoms with Crippen molar-refractivity contribution < 1.29 is 14.6 Å². The number of aliphatic carboxylic acids is 1. The van der Waals surface area contributed by atoms with Crippen molar-refractivity contribution in [3.8, 4) is 11.3 Å². The van der Waals surface area contributed by atoms with Crippen LogP contribution >= 0.6 is 11.6 Å². The van der Waals surface area contributed by atoms with Crippen molar-refractivity contribution in [2.75, 3.05) is 5.73 Å². The average molecular weight is 343 g/mol. The molecule has 0 fully saturated rings. The second-order valence-electron chi connectivity index (χ2n) is 5.51. The van der Waals surface area contributed by atoms with E-state index in [1.807, 2.05) is 48.5 Å². The first kappa shape index (κ1) is 16.2. The quantitative estimate of drug-likeness (QED) is 0.697. The van der Waals surface area contributed by atoms with Gasteiger partial charge in [-0.1, -0.05) is 34.5 Å². The lowest BCUT2D eigenvalue weighted by molar-refractivity contribution is -0.741. The summed E-state index contributed by atoms with van der Waals surface area (Å²) in [4.78, 5) is 10.8. The van der Waals surface area contributed by atoms with Crippen LogP contribution in [-0.4, -0.2) is 16.2 Å². The zero-order valence-corrected chi connectivity index (χ0v) is 13.7. The van der Waals surface area contributed by atoms with Gasteiger partial charge in [-0.05, 0) is 30.3 Å². The molecule has 0 spiro atoms. The van der Waals surface area contributed by atoms with Gasteiger partial charge in [0.15, 0.2) is 12.4 Å². The van der Waals surface area contributed by atoms with Crippen LogP contribution < -0.4 is 10.4 Å².